The maximum atomic E-state index is 4.06. The Morgan fingerprint density at radius 2 is 1.33 bits per heavy atom. The predicted molar refractivity (Wildman–Crippen MR) is 194 cm³/mol. The zero-order chi connectivity index (χ0) is 31.5. The molecule has 0 amide bonds. The van der Waals surface area contributed by atoms with Crippen molar-refractivity contribution >= 4 is 28.5 Å². The van der Waals surface area contributed by atoms with Crippen molar-refractivity contribution in [3.05, 3.63) is 184 Å². The lowest BCUT2D eigenvalue weighted by Crippen LogP contribution is -2.45. The van der Waals surface area contributed by atoms with Crippen LogP contribution in [0.25, 0.3) is 11.4 Å². The van der Waals surface area contributed by atoms with E-state index >= 15 is 0 Å². The summed E-state index contributed by atoms with van der Waals surface area (Å²) in [6, 6.07) is 35.6. The summed E-state index contributed by atoms with van der Waals surface area (Å²) in [5.41, 5.74) is 13.3. The maximum absolute atomic E-state index is 4.06. The van der Waals surface area contributed by atoms with E-state index in [9.17, 15) is 0 Å². The van der Waals surface area contributed by atoms with Gasteiger partial charge in [0.2, 0.25) is 0 Å². The fourth-order valence-corrected chi connectivity index (χ4v) is 6.62. The average Bonchev–Trinajstić information content (AvgIpc) is 3.05. The maximum Gasteiger partial charge on any atom is 0.0579 e. The minimum Gasteiger partial charge on any atom is -0.313 e. The summed E-state index contributed by atoms with van der Waals surface area (Å²) in [6.07, 6.45) is 14.2. The molecule has 224 valence electrons. The van der Waals surface area contributed by atoms with Gasteiger partial charge in [-0.3, -0.25) is 0 Å². The normalized spacial score (nSPS) is 16.1. The third-order valence-electron chi connectivity index (χ3n) is 8.72. The van der Waals surface area contributed by atoms with Crippen molar-refractivity contribution in [2.24, 2.45) is 5.92 Å². The highest BCUT2D eigenvalue weighted by Crippen LogP contribution is 2.44. The van der Waals surface area contributed by atoms with E-state index in [0.717, 1.165) is 23.4 Å². The molecule has 0 saturated carbocycles. The molecule has 1 unspecified atom stereocenters. The molecule has 0 aliphatic heterocycles. The Labute approximate surface area is 268 Å². The predicted octanol–water partition coefficient (Wildman–Crippen LogP) is 9.73. The third kappa shape index (κ3) is 5.89. The second-order valence-electron chi connectivity index (χ2n) is 12.1. The summed E-state index contributed by atoms with van der Waals surface area (Å²) in [5, 5.41) is 2.48. The first-order chi connectivity index (χ1) is 21.9. The van der Waals surface area contributed by atoms with Crippen molar-refractivity contribution in [1.82, 2.24) is 0 Å². The summed E-state index contributed by atoms with van der Waals surface area (Å²) in [7, 11) is 0. The number of anilines is 3. The van der Waals surface area contributed by atoms with Crippen LogP contribution >= 0.6 is 0 Å². The van der Waals surface area contributed by atoms with Crippen LogP contribution in [-0.2, 0) is 0 Å². The summed E-state index contributed by atoms with van der Waals surface area (Å²) in [5.74, 6) is 0.149. The van der Waals surface area contributed by atoms with Crippen LogP contribution in [0.1, 0.15) is 37.0 Å². The summed E-state index contributed by atoms with van der Waals surface area (Å²) in [4.78, 5) is 4.96. The molecular formula is C43H42N2. The smallest absolute Gasteiger partial charge is 0.0579 e. The lowest BCUT2D eigenvalue weighted by atomic mass is 9.79. The minimum absolute atomic E-state index is 0.149. The van der Waals surface area contributed by atoms with E-state index in [0.29, 0.717) is 0 Å². The van der Waals surface area contributed by atoms with Crippen molar-refractivity contribution in [1.29, 1.82) is 0 Å². The second kappa shape index (κ2) is 12.9. The Hall–Kier alpha value is -5.08. The van der Waals surface area contributed by atoms with Gasteiger partial charge in [0.05, 0.1) is 5.70 Å². The van der Waals surface area contributed by atoms with Gasteiger partial charge in [-0.05, 0) is 111 Å². The van der Waals surface area contributed by atoms with Gasteiger partial charge in [-0.2, -0.15) is 0 Å². The first-order valence-corrected chi connectivity index (χ1v) is 15.9. The van der Waals surface area contributed by atoms with E-state index in [4.69, 9.17) is 0 Å². The monoisotopic (exact) mass is 586 g/mol. The van der Waals surface area contributed by atoms with Crippen molar-refractivity contribution in [3.63, 3.8) is 0 Å². The molecule has 4 aromatic carbocycles. The van der Waals surface area contributed by atoms with Gasteiger partial charge < -0.3 is 9.80 Å². The molecule has 2 nitrogen and oxygen atoms in total. The minimum atomic E-state index is 0.149. The van der Waals surface area contributed by atoms with Crippen LogP contribution in [0.15, 0.2) is 157 Å². The van der Waals surface area contributed by atoms with E-state index < -0.39 is 0 Å². The molecule has 2 heteroatoms. The Balaban J connectivity index is 1.77. The van der Waals surface area contributed by atoms with E-state index in [1.807, 2.05) is 6.08 Å². The molecule has 6 rings (SSSR count). The largest absolute Gasteiger partial charge is 0.313 e. The zero-order valence-corrected chi connectivity index (χ0v) is 27.1. The number of rotatable bonds is 8. The second-order valence-corrected chi connectivity index (χ2v) is 12.1. The molecule has 0 bridgehead atoms. The molecule has 0 spiro atoms. The highest BCUT2D eigenvalue weighted by molar-refractivity contribution is 5.92. The number of fused-ring (bicyclic) bond motifs is 2. The molecule has 2 aliphatic rings. The van der Waals surface area contributed by atoms with Gasteiger partial charge >= 0.3 is 0 Å². The number of hydrogen-bond acceptors (Lipinski definition) is 2. The first-order valence-electron chi connectivity index (χ1n) is 15.9. The Bertz CT molecular complexity index is 1970. The van der Waals surface area contributed by atoms with Crippen LogP contribution in [-0.4, -0.2) is 0 Å². The molecule has 0 heterocycles. The van der Waals surface area contributed by atoms with Gasteiger partial charge in [-0.1, -0.05) is 97.6 Å². The van der Waals surface area contributed by atoms with E-state index in [1.165, 1.54) is 55.5 Å². The van der Waals surface area contributed by atoms with Crippen LogP contribution in [0.5, 0.6) is 0 Å². The molecule has 2 aliphatic carbocycles. The van der Waals surface area contributed by atoms with E-state index in [2.05, 4.69) is 178 Å². The van der Waals surface area contributed by atoms with Gasteiger partial charge in [-0.25, -0.2) is 0 Å². The average molecular weight is 587 g/mol. The van der Waals surface area contributed by atoms with Gasteiger partial charge in [-0.15, -0.1) is 0 Å². The standard InChI is InChI=1S/C43H42N2/c1-7-30(3)26-34(8-2)44(35-19-13-16-31(4)27-35)42-38-22-9-11-24-40(38)43(41-25-12-10-23-39(41)42)45(36-20-14-17-32(5)28-36)37-21-15-18-33(6)29-37/h7-24,26-29,41H,1,25H2,2-6H3/b30-26-,34-8+. The third-order valence-corrected chi connectivity index (χ3v) is 8.72. The van der Waals surface area contributed by atoms with E-state index in [-0.39, 0.29) is 5.92 Å². The van der Waals surface area contributed by atoms with Gasteiger partial charge in [0.15, 0.2) is 0 Å². The topological polar surface area (TPSA) is 6.48 Å². The molecule has 0 saturated heterocycles. The Morgan fingerprint density at radius 3 is 1.91 bits per heavy atom. The fourth-order valence-electron chi connectivity index (χ4n) is 6.62. The molecule has 1 atom stereocenters. The Morgan fingerprint density at radius 1 is 0.756 bits per heavy atom. The van der Waals surface area contributed by atoms with Crippen molar-refractivity contribution in [2.45, 2.75) is 41.0 Å². The summed E-state index contributed by atoms with van der Waals surface area (Å²) in [6.45, 7) is 14.8. The van der Waals surface area contributed by atoms with Crippen molar-refractivity contribution in [3.8, 4) is 0 Å². The molecule has 45 heavy (non-hydrogen) atoms. The van der Waals surface area contributed by atoms with Gasteiger partial charge in [0, 0.05) is 44.8 Å². The molecule has 0 fully saturated rings. The van der Waals surface area contributed by atoms with Crippen LogP contribution in [0.2, 0.25) is 0 Å². The van der Waals surface area contributed by atoms with Crippen molar-refractivity contribution in [2.75, 3.05) is 9.80 Å². The SMILES string of the molecule is C=C/C(C)=C\C(=C/C)N(C1=c2ccccc2=C(N(c2cccc(C)c2)c2cccc(C)c2)C2CC=CC=C12)c1cccc(C)c1. The number of allylic oxidation sites excluding steroid dienone is 7. The van der Waals surface area contributed by atoms with Crippen molar-refractivity contribution < 1.29 is 0 Å². The number of nitrogens with zero attached hydrogens (tertiary/aromatic N) is 2. The fraction of sp³-hybridized carbons (Fsp3) is 0.163. The lowest BCUT2D eigenvalue weighted by Gasteiger charge is -2.41. The van der Waals surface area contributed by atoms with Crippen LogP contribution < -0.4 is 20.2 Å². The molecule has 0 radical (unpaired) electrons. The first kappa shape index (κ1) is 30.0. The van der Waals surface area contributed by atoms with Crippen LogP contribution in [0.3, 0.4) is 0 Å². The molecule has 0 aromatic heterocycles. The number of hydrogen-bond donors (Lipinski definition) is 0. The lowest BCUT2D eigenvalue weighted by molar-refractivity contribution is 0.771. The molecule has 0 N–H and O–H groups in total. The summed E-state index contributed by atoms with van der Waals surface area (Å²) < 4.78 is 0. The van der Waals surface area contributed by atoms with Gasteiger partial charge in [0.1, 0.15) is 0 Å². The number of benzene rings is 4. The zero-order valence-electron chi connectivity index (χ0n) is 27.1. The van der Waals surface area contributed by atoms with E-state index in [1.54, 1.807) is 0 Å². The van der Waals surface area contributed by atoms with Gasteiger partial charge in [0.25, 0.3) is 0 Å². The highest BCUT2D eigenvalue weighted by Gasteiger charge is 2.35. The van der Waals surface area contributed by atoms with Crippen LogP contribution in [0.4, 0.5) is 17.1 Å². The quantitative estimate of drug-likeness (QED) is 0.190. The highest BCUT2D eigenvalue weighted by atomic mass is 15.2. The Kier molecular flexibility index (Phi) is 8.58. The molecular weight excluding hydrogens is 544 g/mol. The number of aryl methyl sites for hydroxylation is 3. The summed E-state index contributed by atoms with van der Waals surface area (Å²) >= 11 is 0. The van der Waals surface area contributed by atoms with Crippen LogP contribution in [0, 0.1) is 26.7 Å². The molecule has 4 aromatic rings.